The van der Waals surface area contributed by atoms with E-state index in [9.17, 15) is 9.90 Å². The Bertz CT molecular complexity index is 751. The van der Waals surface area contributed by atoms with Gasteiger partial charge in [0.15, 0.2) is 0 Å². The summed E-state index contributed by atoms with van der Waals surface area (Å²) < 4.78 is 7.23. The van der Waals surface area contributed by atoms with Gasteiger partial charge in [-0.15, -0.1) is 0 Å². The van der Waals surface area contributed by atoms with Crippen molar-refractivity contribution in [3.8, 4) is 0 Å². The summed E-state index contributed by atoms with van der Waals surface area (Å²) in [6, 6.07) is -0.0163. The second kappa shape index (κ2) is 5.28. The first-order valence-corrected chi connectivity index (χ1v) is 7.93. The molecule has 1 saturated carbocycles. The van der Waals surface area contributed by atoms with E-state index in [0.717, 1.165) is 18.4 Å². The van der Waals surface area contributed by atoms with Gasteiger partial charge in [0.25, 0.3) is 5.91 Å². The van der Waals surface area contributed by atoms with Crippen molar-refractivity contribution < 1.29 is 14.6 Å². The molecule has 0 radical (unpaired) electrons. The molecule has 122 valence electrons. The molecule has 0 unspecified atom stereocenters. The molecule has 2 aromatic heterocycles. The number of nitrogens with zero attached hydrogens (tertiary/aromatic N) is 3. The molecular formula is C16H20N4O3. The van der Waals surface area contributed by atoms with E-state index in [1.807, 2.05) is 11.6 Å². The quantitative estimate of drug-likeness (QED) is 0.848. The molecule has 2 aliphatic rings. The van der Waals surface area contributed by atoms with Crippen molar-refractivity contribution in [1.82, 2.24) is 19.9 Å². The number of aromatic nitrogens is 3. The molecule has 7 heteroatoms. The van der Waals surface area contributed by atoms with Crippen molar-refractivity contribution in [3.05, 3.63) is 24.3 Å². The Kier molecular flexibility index (Phi) is 3.35. The SMILES string of the molecule is Cn1cnc2cncc(C(=O)N[C@@H]3C[C@@H](O)C34CCOCC4)c21. The number of nitrogens with one attached hydrogen (secondary N) is 1. The maximum absolute atomic E-state index is 12.7. The monoisotopic (exact) mass is 316 g/mol. The predicted octanol–water partition coefficient (Wildman–Crippen LogP) is 0.628. The molecule has 0 aromatic carbocycles. The molecule has 2 atom stereocenters. The summed E-state index contributed by atoms with van der Waals surface area (Å²) in [6.07, 6.45) is 6.71. The van der Waals surface area contributed by atoms with Crippen LogP contribution in [0.5, 0.6) is 0 Å². The number of aliphatic hydroxyl groups is 1. The molecule has 7 nitrogen and oxygen atoms in total. The third-order valence-corrected chi connectivity index (χ3v) is 5.41. The van der Waals surface area contributed by atoms with Gasteiger partial charge in [-0.3, -0.25) is 9.78 Å². The van der Waals surface area contributed by atoms with E-state index in [4.69, 9.17) is 4.74 Å². The Morgan fingerprint density at radius 1 is 1.43 bits per heavy atom. The Morgan fingerprint density at radius 2 is 2.22 bits per heavy atom. The Balaban J connectivity index is 1.59. The number of pyridine rings is 1. The van der Waals surface area contributed by atoms with Crippen LogP contribution in [0.1, 0.15) is 29.6 Å². The van der Waals surface area contributed by atoms with E-state index in [0.29, 0.717) is 30.7 Å². The second-order valence-corrected chi connectivity index (χ2v) is 6.53. The van der Waals surface area contributed by atoms with Crippen LogP contribution in [0.25, 0.3) is 11.0 Å². The molecular weight excluding hydrogens is 296 g/mol. The van der Waals surface area contributed by atoms with E-state index < -0.39 is 0 Å². The summed E-state index contributed by atoms with van der Waals surface area (Å²) in [7, 11) is 1.86. The zero-order valence-electron chi connectivity index (χ0n) is 13.0. The third kappa shape index (κ3) is 2.14. The molecule has 1 amide bonds. The molecule has 4 rings (SSSR count). The largest absolute Gasteiger partial charge is 0.392 e. The van der Waals surface area contributed by atoms with Crippen molar-refractivity contribution >= 4 is 16.9 Å². The zero-order valence-corrected chi connectivity index (χ0v) is 13.0. The van der Waals surface area contributed by atoms with E-state index in [-0.39, 0.29) is 23.5 Å². The summed E-state index contributed by atoms with van der Waals surface area (Å²) in [5.74, 6) is -0.158. The van der Waals surface area contributed by atoms with Crippen LogP contribution in [0.3, 0.4) is 0 Å². The molecule has 3 heterocycles. The first kappa shape index (κ1) is 14.6. The smallest absolute Gasteiger partial charge is 0.255 e. The average molecular weight is 316 g/mol. The molecule has 1 saturated heterocycles. The number of rotatable bonds is 2. The van der Waals surface area contributed by atoms with Gasteiger partial charge < -0.3 is 19.7 Å². The van der Waals surface area contributed by atoms with Crippen molar-refractivity contribution in [2.45, 2.75) is 31.4 Å². The minimum Gasteiger partial charge on any atom is -0.392 e. The molecule has 2 fully saturated rings. The van der Waals surface area contributed by atoms with Crippen molar-refractivity contribution in [3.63, 3.8) is 0 Å². The summed E-state index contributed by atoms with van der Waals surface area (Å²) in [6.45, 7) is 1.28. The lowest BCUT2D eigenvalue weighted by atomic mass is 9.58. The first-order valence-electron chi connectivity index (χ1n) is 7.93. The molecule has 1 aliphatic carbocycles. The fourth-order valence-corrected chi connectivity index (χ4v) is 3.92. The van der Waals surface area contributed by atoms with Crippen LogP contribution < -0.4 is 5.32 Å². The van der Waals surface area contributed by atoms with Crippen LogP contribution in [0.15, 0.2) is 18.7 Å². The van der Waals surface area contributed by atoms with E-state index in [2.05, 4.69) is 15.3 Å². The normalized spacial score (nSPS) is 26.2. The molecule has 0 bridgehead atoms. The Labute approximate surface area is 133 Å². The van der Waals surface area contributed by atoms with Crippen LogP contribution in [-0.2, 0) is 11.8 Å². The number of aliphatic hydroxyl groups excluding tert-OH is 1. The highest BCUT2D eigenvalue weighted by atomic mass is 16.5. The highest BCUT2D eigenvalue weighted by Gasteiger charge is 2.55. The number of hydrogen-bond acceptors (Lipinski definition) is 5. The highest BCUT2D eigenvalue weighted by Crippen LogP contribution is 2.49. The van der Waals surface area contributed by atoms with Gasteiger partial charge in [-0.25, -0.2) is 4.98 Å². The highest BCUT2D eigenvalue weighted by molar-refractivity contribution is 6.04. The van der Waals surface area contributed by atoms with Gasteiger partial charge in [0.05, 0.1) is 29.7 Å². The van der Waals surface area contributed by atoms with Crippen LogP contribution in [0, 0.1) is 5.41 Å². The minimum absolute atomic E-state index is 0.0163. The maximum Gasteiger partial charge on any atom is 0.255 e. The van der Waals surface area contributed by atoms with Crippen molar-refractivity contribution in [1.29, 1.82) is 0 Å². The number of aryl methyl sites for hydroxylation is 1. The fourth-order valence-electron chi connectivity index (χ4n) is 3.92. The van der Waals surface area contributed by atoms with Crippen LogP contribution in [-0.4, -0.2) is 50.9 Å². The lowest BCUT2D eigenvalue weighted by molar-refractivity contribution is -0.145. The van der Waals surface area contributed by atoms with Gasteiger partial charge >= 0.3 is 0 Å². The zero-order chi connectivity index (χ0) is 16.0. The van der Waals surface area contributed by atoms with Crippen molar-refractivity contribution in [2.24, 2.45) is 12.5 Å². The minimum atomic E-state index is -0.359. The molecule has 1 spiro atoms. The maximum atomic E-state index is 12.7. The van der Waals surface area contributed by atoms with E-state index in [1.165, 1.54) is 0 Å². The summed E-state index contributed by atoms with van der Waals surface area (Å²) in [5, 5.41) is 13.3. The average Bonchev–Trinajstić information content (AvgIpc) is 2.97. The number of hydrogen-bond donors (Lipinski definition) is 2. The topological polar surface area (TPSA) is 89.3 Å². The molecule has 2 N–H and O–H groups in total. The standard InChI is InChI=1S/C16H20N4O3/c1-20-9-18-11-8-17-7-10(14(11)20)15(22)19-12-6-13(21)16(12)2-4-23-5-3-16/h7-9,12-13,21H,2-6H2,1H3,(H,19,22)/t12-,13-/m1/s1. The Hall–Kier alpha value is -1.99. The van der Waals surface area contributed by atoms with E-state index >= 15 is 0 Å². The van der Waals surface area contributed by atoms with Gasteiger partial charge in [-0.05, 0) is 19.3 Å². The predicted molar refractivity (Wildman–Crippen MR) is 82.9 cm³/mol. The summed E-state index contributed by atoms with van der Waals surface area (Å²) in [5.41, 5.74) is 1.76. The number of carbonyl (C=O) groups is 1. The Morgan fingerprint density at radius 3 is 2.96 bits per heavy atom. The molecule has 23 heavy (non-hydrogen) atoms. The third-order valence-electron chi connectivity index (χ3n) is 5.41. The van der Waals surface area contributed by atoms with Gasteiger partial charge in [-0.1, -0.05) is 0 Å². The fraction of sp³-hybridized carbons (Fsp3) is 0.562. The van der Waals surface area contributed by atoms with Crippen molar-refractivity contribution in [2.75, 3.05) is 13.2 Å². The lowest BCUT2D eigenvalue weighted by Crippen LogP contribution is -2.65. The van der Waals surface area contributed by atoms with Crippen LogP contribution >= 0.6 is 0 Å². The van der Waals surface area contributed by atoms with Gasteiger partial charge in [0.2, 0.25) is 0 Å². The second-order valence-electron chi connectivity index (χ2n) is 6.53. The molecule has 2 aromatic rings. The summed E-state index contributed by atoms with van der Waals surface area (Å²) in [4.78, 5) is 21.1. The number of carbonyl (C=O) groups excluding carboxylic acids is 1. The lowest BCUT2D eigenvalue weighted by Gasteiger charge is -2.55. The van der Waals surface area contributed by atoms with Gasteiger partial charge in [0.1, 0.15) is 5.52 Å². The summed E-state index contributed by atoms with van der Waals surface area (Å²) >= 11 is 0. The number of fused-ring (bicyclic) bond motifs is 1. The van der Waals surface area contributed by atoms with Gasteiger partial charge in [-0.2, -0.15) is 0 Å². The van der Waals surface area contributed by atoms with Gasteiger partial charge in [0, 0.05) is 37.9 Å². The van der Waals surface area contributed by atoms with Crippen LogP contribution in [0.2, 0.25) is 0 Å². The first-order chi connectivity index (χ1) is 11.1. The van der Waals surface area contributed by atoms with Crippen LogP contribution in [0.4, 0.5) is 0 Å². The molecule has 1 aliphatic heterocycles. The number of imidazole rings is 1. The van der Waals surface area contributed by atoms with E-state index in [1.54, 1.807) is 18.7 Å². The number of ether oxygens (including phenoxy) is 1. The number of amides is 1.